The molecule has 3 rings (SSSR count). The van der Waals surface area contributed by atoms with Gasteiger partial charge < -0.3 is 0 Å². The zero-order valence-electron chi connectivity index (χ0n) is 45.2. The van der Waals surface area contributed by atoms with Gasteiger partial charge in [-0.2, -0.15) is 0 Å². The summed E-state index contributed by atoms with van der Waals surface area (Å²) in [7, 11) is 0. The number of rotatable bonds is 19. The van der Waals surface area contributed by atoms with Crippen LogP contribution in [0.5, 0.6) is 0 Å². The van der Waals surface area contributed by atoms with Gasteiger partial charge in [0.25, 0.3) is 0 Å². The smallest absolute Gasteiger partial charge is 0.0179 e. The summed E-state index contributed by atoms with van der Waals surface area (Å²) < 4.78 is 0. The molecule has 0 radical (unpaired) electrons. The first-order valence-corrected chi connectivity index (χ1v) is 25.7. The largest absolute Gasteiger partial charge is 0.0990 e. The van der Waals surface area contributed by atoms with Crippen LogP contribution in [-0.2, 0) is 0 Å². The quantitative estimate of drug-likeness (QED) is 0.122. The third-order valence-electron chi connectivity index (χ3n) is 13.3. The predicted molar refractivity (Wildman–Crippen MR) is 292 cm³/mol. The van der Waals surface area contributed by atoms with Crippen LogP contribution in [0.2, 0.25) is 0 Å². The number of hydrogen-bond donors (Lipinski definition) is 0. The lowest BCUT2D eigenvalue weighted by Gasteiger charge is -2.38. The van der Waals surface area contributed by atoms with Gasteiger partial charge >= 0.3 is 0 Å². The number of allylic oxidation sites excluding steroid dienone is 13. The van der Waals surface area contributed by atoms with Crippen LogP contribution in [0, 0.1) is 35.5 Å². The van der Waals surface area contributed by atoms with Crippen molar-refractivity contribution in [1.29, 1.82) is 0 Å². The van der Waals surface area contributed by atoms with Crippen molar-refractivity contribution in [2.75, 3.05) is 0 Å². The lowest BCUT2D eigenvalue weighted by Crippen LogP contribution is -2.30. The van der Waals surface area contributed by atoms with Gasteiger partial charge in [-0.1, -0.05) is 229 Å². The Morgan fingerprint density at radius 3 is 1.81 bits per heavy atom. The topological polar surface area (TPSA) is 0 Å². The number of aryl methyl sites for hydroxylation is 1. The fourth-order valence-corrected chi connectivity index (χ4v) is 8.18. The third-order valence-corrected chi connectivity index (χ3v) is 13.3. The molecule has 0 spiro atoms. The highest BCUT2D eigenvalue weighted by Gasteiger charge is 2.41. The zero-order valence-corrected chi connectivity index (χ0v) is 45.2. The lowest BCUT2D eigenvalue weighted by molar-refractivity contribution is 0.189. The second-order valence-electron chi connectivity index (χ2n) is 18.0. The molecule has 2 aliphatic rings. The highest BCUT2D eigenvalue weighted by Crippen LogP contribution is 2.54. The molecular formula is C62H106. The summed E-state index contributed by atoms with van der Waals surface area (Å²) in [5, 5.41) is 2.42. The van der Waals surface area contributed by atoms with Crippen LogP contribution in [0.15, 0.2) is 102 Å². The molecule has 1 saturated carbocycles. The van der Waals surface area contributed by atoms with E-state index in [-0.39, 0.29) is 0 Å². The molecule has 0 aromatic heterocycles. The lowest BCUT2D eigenvalue weighted by atomic mass is 9.67. The van der Waals surface area contributed by atoms with E-state index >= 15 is 0 Å². The zero-order chi connectivity index (χ0) is 48.5. The van der Waals surface area contributed by atoms with E-state index in [1.807, 2.05) is 53.7 Å². The Hall–Kier alpha value is -3.12. The molecule has 0 heterocycles. The van der Waals surface area contributed by atoms with Gasteiger partial charge in [-0.15, -0.1) is 0 Å². The Morgan fingerprint density at radius 1 is 0.806 bits per heavy atom. The Labute approximate surface area is 390 Å². The summed E-state index contributed by atoms with van der Waals surface area (Å²) in [4.78, 5) is 0. The van der Waals surface area contributed by atoms with Gasteiger partial charge in [0, 0.05) is 0 Å². The van der Waals surface area contributed by atoms with E-state index < -0.39 is 0 Å². The first-order valence-electron chi connectivity index (χ1n) is 25.7. The Bertz CT molecular complexity index is 1650. The van der Waals surface area contributed by atoms with Crippen molar-refractivity contribution in [3.05, 3.63) is 124 Å². The van der Waals surface area contributed by atoms with Gasteiger partial charge in [-0.3, -0.25) is 0 Å². The summed E-state index contributed by atoms with van der Waals surface area (Å²) in [6.45, 7) is 57.6. The minimum Gasteiger partial charge on any atom is -0.0990 e. The molecule has 2 aliphatic carbocycles. The molecule has 354 valence electrons. The first kappa shape index (κ1) is 63.2. The van der Waals surface area contributed by atoms with E-state index in [2.05, 4.69) is 159 Å². The van der Waals surface area contributed by atoms with E-state index in [4.69, 9.17) is 0 Å². The van der Waals surface area contributed by atoms with Crippen molar-refractivity contribution in [2.24, 2.45) is 28.6 Å². The van der Waals surface area contributed by atoms with E-state index in [0.717, 1.165) is 28.5 Å². The normalized spacial score (nSPS) is 17.8. The van der Waals surface area contributed by atoms with Gasteiger partial charge in [-0.05, 0) is 163 Å². The van der Waals surface area contributed by atoms with E-state index in [1.54, 1.807) is 11.6 Å². The number of hydrogen-bond acceptors (Lipinski definition) is 0. The minimum atomic E-state index is 0.409. The molecule has 62 heavy (non-hydrogen) atoms. The molecule has 0 nitrogen and oxygen atoms in total. The molecule has 0 heteroatoms. The molecular weight excluding hydrogens is 745 g/mol. The van der Waals surface area contributed by atoms with Gasteiger partial charge in [-0.25, -0.2) is 0 Å². The summed E-state index contributed by atoms with van der Waals surface area (Å²) in [5.74, 6) is 2.35. The van der Waals surface area contributed by atoms with Gasteiger partial charge in [0.15, 0.2) is 0 Å². The van der Waals surface area contributed by atoms with Gasteiger partial charge in [0.2, 0.25) is 0 Å². The fraction of sp³-hybridized carbons (Fsp3) is 0.613. The Balaban J connectivity index is -0.000000821. The summed E-state index contributed by atoms with van der Waals surface area (Å²) in [6.07, 6.45) is 35.6. The molecule has 0 aliphatic heterocycles. The summed E-state index contributed by atoms with van der Waals surface area (Å²) in [5.41, 5.74) is 11.7. The van der Waals surface area contributed by atoms with E-state index in [1.165, 1.54) is 122 Å². The van der Waals surface area contributed by atoms with Crippen LogP contribution in [0.3, 0.4) is 0 Å². The van der Waals surface area contributed by atoms with Gasteiger partial charge in [0.05, 0.1) is 0 Å². The number of benzene rings is 1. The molecule has 1 aromatic carbocycles. The average Bonchev–Trinajstić information content (AvgIpc) is 4.06. The molecule has 0 N–H and O–H groups in total. The van der Waals surface area contributed by atoms with Crippen LogP contribution in [0.4, 0.5) is 0 Å². The summed E-state index contributed by atoms with van der Waals surface area (Å²) >= 11 is 0. The van der Waals surface area contributed by atoms with Crippen LogP contribution in [0.25, 0.3) is 18.2 Å². The molecule has 0 bridgehead atoms. The Morgan fingerprint density at radius 2 is 1.37 bits per heavy atom. The minimum absolute atomic E-state index is 0.409. The summed E-state index contributed by atoms with van der Waals surface area (Å²) in [6, 6.07) is 4.51. The van der Waals surface area contributed by atoms with Crippen molar-refractivity contribution in [2.45, 2.75) is 221 Å². The molecule has 2 atom stereocenters. The van der Waals surface area contributed by atoms with Crippen molar-refractivity contribution in [3.63, 3.8) is 0 Å². The third kappa shape index (κ3) is 23.5. The van der Waals surface area contributed by atoms with Crippen LogP contribution < -0.4 is 10.4 Å². The second kappa shape index (κ2) is 36.2. The van der Waals surface area contributed by atoms with Crippen molar-refractivity contribution >= 4 is 18.2 Å². The van der Waals surface area contributed by atoms with Crippen molar-refractivity contribution in [3.8, 4) is 0 Å². The van der Waals surface area contributed by atoms with Crippen LogP contribution in [-0.4, -0.2) is 0 Å². The first-order chi connectivity index (χ1) is 29.5. The molecule has 1 aromatic rings. The SMILES string of the molecule is C=C(CC)c1cc(C)c(=C)/c(=C\C2=C(C)CC[C@@](C)(C(C)C)C2)c1.C=C/C=C(C=C)/C(C)=C/C=C(\C=C/C)[C@H](C)CCC.CC.CC.CC.CCCC(CCC)CC1(CC)CC1. The standard InChI is InChI=1S/C24H34.C19H28.C13H26.3C2H6/c1-9-17(4)21-12-19(6)20(7)22(13-21)14-23-15-24(8,16(2)3)11-10-18(23)5;1-7-11-16(5)19(13-9-3)15-14-17(6)18(10-4)12-8-2;1-4-7-12(8-5-2)11-13(6-3)9-10-13;3*1-2/h12-14,16H,4,7,9-11,15H2,1-3,5-6,8H3;8-10,12-16H,2,4,7,11H2,1,3,5-6H3;12H,4-11H2,1-3H3;3*1-2H3/b22-14-;13-9-,17-14+,18-12+,19-15+;;;;/t24-;16-;;;;/m11..../s1. The maximum atomic E-state index is 4.32. The molecule has 1 fully saturated rings. The average molecular weight is 852 g/mol. The Kier molecular flexibility index (Phi) is 36.9. The monoisotopic (exact) mass is 851 g/mol. The van der Waals surface area contributed by atoms with Crippen molar-refractivity contribution in [1.82, 2.24) is 0 Å². The maximum Gasteiger partial charge on any atom is -0.0179 e. The van der Waals surface area contributed by atoms with Crippen molar-refractivity contribution < 1.29 is 0 Å². The maximum absolute atomic E-state index is 4.32. The van der Waals surface area contributed by atoms with Crippen LogP contribution >= 0.6 is 0 Å². The molecule has 0 amide bonds. The van der Waals surface area contributed by atoms with E-state index in [9.17, 15) is 0 Å². The molecule has 0 saturated heterocycles. The molecule has 0 unspecified atom stereocenters. The van der Waals surface area contributed by atoms with E-state index in [0.29, 0.717) is 17.3 Å². The van der Waals surface area contributed by atoms with Crippen LogP contribution in [0.1, 0.15) is 226 Å². The predicted octanol–water partition coefficient (Wildman–Crippen LogP) is 19.8. The highest BCUT2D eigenvalue weighted by molar-refractivity contribution is 5.65. The second-order valence-corrected chi connectivity index (χ2v) is 18.0. The fourth-order valence-electron chi connectivity index (χ4n) is 8.18. The van der Waals surface area contributed by atoms with Gasteiger partial charge in [0.1, 0.15) is 0 Å². The highest BCUT2D eigenvalue weighted by atomic mass is 14.5.